The van der Waals surface area contributed by atoms with Crippen molar-refractivity contribution in [2.75, 3.05) is 25.0 Å². The first kappa shape index (κ1) is 16.0. The van der Waals surface area contributed by atoms with Crippen LogP contribution >= 0.6 is 11.3 Å². The second kappa shape index (κ2) is 6.33. The number of nitrogens with zero attached hydrogens (tertiary/aromatic N) is 2. The molecular formula is C16H22N4O2S. The highest BCUT2D eigenvalue weighted by atomic mass is 32.1. The van der Waals surface area contributed by atoms with Gasteiger partial charge >= 0.3 is 0 Å². The average Bonchev–Trinajstić information content (AvgIpc) is 3.18. The number of nitrogens with one attached hydrogen (secondary N) is 1. The minimum atomic E-state index is -0.106. The van der Waals surface area contributed by atoms with E-state index in [-0.39, 0.29) is 17.9 Å². The van der Waals surface area contributed by atoms with Crippen LogP contribution in [0.1, 0.15) is 39.7 Å². The van der Waals surface area contributed by atoms with E-state index in [1.165, 1.54) is 11.3 Å². The zero-order valence-corrected chi connectivity index (χ0v) is 14.4. The standard InChI is InChI=1S/C16H22N4O2S/c1-4-18-16-19-10(3)14(23-16)15(21)20-7-11(12(17)8-20)13-6-5-9(2)22-13/h5-6,11-12H,4,7-8,17H2,1-3H3,(H,18,19)/t11-,12-/m0/s1. The molecule has 1 aliphatic heterocycles. The molecule has 1 saturated heterocycles. The van der Waals surface area contributed by atoms with Gasteiger partial charge in [0, 0.05) is 25.7 Å². The summed E-state index contributed by atoms with van der Waals surface area (Å²) in [5.74, 6) is 1.78. The van der Waals surface area contributed by atoms with Gasteiger partial charge in [-0.3, -0.25) is 4.79 Å². The van der Waals surface area contributed by atoms with Gasteiger partial charge in [-0.2, -0.15) is 0 Å². The van der Waals surface area contributed by atoms with Gasteiger partial charge in [-0.05, 0) is 32.9 Å². The van der Waals surface area contributed by atoms with Crippen LogP contribution in [-0.2, 0) is 0 Å². The summed E-state index contributed by atoms with van der Waals surface area (Å²) in [6, 6.07) is 3.78. The Morgan fingerprint density at radius 2 is 2.26 bits per heavy atom. The Kier molecular flexibility index (Phi) is 4.41. The molecule has 3 rings (SSSR count). The number of furan rings is 1. The fourth-order valence-corrected chi connectivity index (χ4v) is 3.92. The zero-order chi connectivity index (χ0) is 16.6. The lowest BCUT2D eigenvalue weighted by molar-refractivity contribution is 0.0792. The van der Waals surface area contributed by atoms with E-state index in [2.05, 4.69) is 10.3 Å². The molecule has 0 aromatic carbocycles. The predicted molar refractivity (Wildman–Crippen MR) is 91.1 cm³/mol. The third-order valence-corrected chi connectivity index (χ3v) is 5.20. The van der Waals surface area contributed by atoms with E-state index in [0.717, 1.165) is 28.9 Å². The van der Waals surface area contributed by atoms with Crippen LogP contribution in [0.2, 0.25) is 0 Å². The average molecular weight is 334 g/mol. The number of hydrogen-bond acceptors (Lipinski definition) is 6. The molecule has 2 atom stereocenters. The van der Waals surface area contributed by atoms with Gasteiger partial charge in [0.2, 0.25) is 0 Å². The highest BCUT2D eigenvalue weighted by Gasteiger charge is 2.37. The number of amides is 1. The Hall–Kier alpha value is -1.86. The van der Waals surface area contributed by atoms with E-state index < -0.39 is 0 Å². The molecule has 0 radical (unpaired) electrons. The fraction of sp³-hybridized carbons (Fsp3) is 0.500. The third-order valence-electron chi connectivity index (χ3n) is 4.10. The van der Waals surface area contributed by atoms with Crippen LogP contribution in [0.3, 0.4) is 0 Å². The lowest BCUT2D eigenvalue weighted by Crippen LogP contribution is -2.32. The van der Waals surface area contributed by atoms with Crippen LogP contribution in [0, 0.1) is 13.8 Å². The Labute approximate surface area is 139 Å². The van der Waals surface area contributed by atoms with Gasteiger partial charge in [0.25, 0.3) is 5.91 Å². The van der Waals surface area contributed by atoms with E-state index in [1.54, 1.807) is 0 Å². The maximum Gasteiger partial charge on any atom is 0.266 e. The number of aryl methyl sites for hydroxylation is 2. The predicted octanol–water partition coefficient (Wildman–Crippen LogP) is 2.35. The molecule has 1 amide bonds. The Morgan fingerprint density at radius 1 is 1.48 bits per heavy atom. The van der Waals surface area contributed by atoms with Gasteiger partial charge in [-0.25, -0.2) is 4.98 Å². The van der Waals surface area contributed by atoms with Crippen LogP contribution < -0.4 is 11.1 Å². The monoisotopic (exact) mass is 334 g/mol. The fourth-order valence-electron chi connectivity index (χ4n) is 2.91. The maximum absolute atomic E-state index is 12.8. The van der Waals surface area contributed by atoms with Crippen molar-refractivity contribution in [3.05, 3.63) is 34.2 Å². The van der Waals surface area contributed by atoms with Crippen LogP contribution in [0.4, 0.5) is 5.13 Å². The second-order valence-corrected chi connectivity index (χ2v) is 6.89. The van der Waals surface area contributed by atoms with Crippen molar-refractivity contribution < 1.29 is 9.21 Å². The first-order valence-corrected chi connectivity index (χ1v) is 8.63. The number of aromatic nitrogens is 1. The quantitative estimate of drug-likeness (QED) is 0.896. The maximum atomic E-state index is 12.8. The molecule has 2 aromatic heterocycles. The van der Waals surface area contributed by atoms with E-state index in [0.29, 0.717) is 18.0 Å². The molecule has 2 aromatic rings. The molecule has 0 spiro atoms. The molecule has 0 aliphatic carbocycles. The minimum Gasteiger partial charge on any atom is -0.466 e. The molecule has 0 bridgehead atoms. The van der Waals surface area contributed by atoms with E-state index >= 15 is 0 Å². The number of nitrogens with two attached hydrogens (primary N) is 1. The molecular weight excluding hydrogens is 312 g/mol. The number of hydrogen-bond donors (Lipinski definition) is 2. The SMILES string of the molecule is CCNc1nc(C)c(C(=O)N2C[C@H](c3ccc(C)o3)[C@@H](N)C2)s1. The normalized spacial score (nSPS) is 21.0. The van der Waals surface area contributed by atoms with Gasteiger partial charge in [-0.15, -0.1) is 0 Å². The van der Waals surface area contributed by atoms with Crippen LogP contribution in [-0.4, -0.2) is 41.5 Å². The van der Waals surface area contributed by atoms with Gasteiger partial charge < -0.3 is 20.4 Å². The molecule has 1 aliphatic rings. The van der Waals surface area contributed by atoms with E-state index in [9.17, 15) is 4.79 Å². The van der Waals surface area contributed by atoms with E-state index in [4.69, 9.17) is 10.2 Å². The molecule has 3 heterocycles. The summed E-state index contributed by atoms with van der Waals surface area (Å²) in [5.41, 5.74) is 7.00. The van der Waals surface area contributed by atoms with Crippen molar-refractivity contribution in [1.82, 2.24) is 9.88 Å². The van der Waals surface area contributed by atoms with Crippen molar-refractivity contribution in [1.29, 1.82) is 0 Å². The smallest absolute Gasteiger partial charge is 0.266 e. The number of likely N-dealkylation sites (tertiary alicyclic amines) is 1. The number of anilines is 1. The topological polar surface area (TPSA) is 84.4 Å². The summed E-state index contributed by atoms with van der Waals surface area (Å²) in [6.07, 6.45) is 0. The summed E-state index contributed by atoms with van der Waals surface area (Å²) >= 11 is 1.40. The first-order valence-electron chi connectivity index (χ1n) is 7.82. The first-order chi connectivity index (χ1) is 11.0. The van der Waals surface area contributed by atoms with Crippen molar-refractivity contribution >= 4 is 22.4 Å². The van der Waals surface area contributed by atoms with E-state index in [1.807, 2.05) is 37.8 Å². The molecule has 23 heavy (non-hydrogen) atoms. The summed E-state index contributed by atoms with van der Waals surface area (Å²) < 4.78 is 5.69. The number of thiazole rings is 1. The Balaban J connectivity index is 1.76. The summed E-state index contributed by atoms with van der Waals surface area (Å²) in [4.78, 5) is 19.7. The minimum absolute atomic E-state index is 0.00498. The van der Waals surface area contributed by atoms with Crippen molar-refractivity contribution in [2.45, 2.75) is 32.7 Å². The Morgan fingerprint density at radius 3 is 2.91 bits per heavy atom. The largest absolute Gasteiger partial charge is 0.466 e. The third kappa shape index (κ3) is 3.11. The van der Waals surface area contributed by atoms with Gasteiger partial charge in [0.05, 0.1) is 11.6 Å². The van der Waals surface area contributed by atoms with Gasteiger partial charge in [0.1, 0.15) is 16.4 Å². The van der Waals surface area contributed by atoms with Gasteiger partial charge in [0.15, 0.2) is 5.13 Å². The van der Waals surface area contributed by atoms with Crippen molar-refractivity contribution in [3.8, 4) is 0 Å². The Bertz CT molecular complexity index is 709. The molecule has 7 heteroatoms. The van der Waals surface area contributed by atoms with Crippen molar-refractivity contribution in [3.63, 3.8) is 0 Å². The van der Waals surface area contributed by atoms with Crippen LogP contribution in [0.25, 0.3) is 0 Å². The second-order valence-electron chi connectivity index (χ2n) is 5.89. The lowest BCUT2D eigenvalue weighted by atomic mass is 10.0. The molecule has 6 nitrogen and oxygen atoms in total. The molecule has 0 unspecified atom stereocenters. The summed E-state index contributed by atoms with van der Waals surface area (Å²) in [6.45, 7) is 7.70. The summed E-state index contributed by atoms with van der Waals surface area (Å²) in [7, 11) is 0. The highest BCUT2D eigenvalue weighted by molar-refractivity contribution is 7.17. The zero-order valence-electron chi connectivity index (χ0n) is 13.6. The van der Waals surface area contributed by atoms with Crippen LogP contribution in [0.15, 0.2) is 16.5 Å². The molecule has 1 fully saturated rings. The molecule has 0 saturated carbocycles. The van der Waals surface area contributed by atoms with Crippen molar-refractivity contribution in [2.24, 2.45) is 5.73 Å². The van der Waals surface area contributed by atoms with Crippen LogP contribution in [0.5, 0.6) is 0 Å². The number of carbonyl (C=O) groups is 1. The molecule has 3 N–H and O–H groups in total. The summed E-state index contributed by atoms with van der Waals surface area (Å²) in [5, 5.41) is 3.94. The lowest BCUT2D eigenvalue weighted by Gasteiger charge is -2.14. The molecule has 124 valence electrons. The van der Waals surface area contributed by atoms with Gasteiger partial charge in [-0.1, -0.05) is 11.3 Å². The highest BCUT2D eigenvalue weighted by Crippen LogP contribution is 2.31. The number of carbonyl (C=O) groups excluding carboxylic acids is 1. The number of rotatable bonds is 4.